The minimum atomic E-state index is -0.702. The Bertz CT molecular complexity index is 1050. The molecule has 0 bridgehead atoms. The third-order valence-electron chi connectivity index (χ3n) is 6.82. The number of amides is 1. The third-order valence-corrected chi connectivity index (χ3v) is 6.82. The monoisotopic (exact) mass is 438 g/mol. The first-order chi connectivity index (χ1) is 15.4. The van der Waals surface area contributed by atoms with E-state index in [0.29, 0.717) is 18.0 Å². The molecular weight excluding hydrogens is 408 g/mol. The molecule has 1 amide bonds. The van der Waals surface area contributed by atoms with Crippen LogP contribution in [0.25, 0.3) is 0 Å². The van der Waals surface area contributed by atoms with E-state index < -0.39 is 17.7 Å². The smallest absolute Gasteiger partial charge is 0.234 e. The number of aryl methyl sites for hydroxylation is 2. The van der Waals surface area contributed by atoms with Gasteiger partial charge in [0.25, 0.3) is 0 Å². The van der Waals surface area contributed by atoms with Gasteiger partial charge in [0.05, 0.1) is 17.8 Å². The Morgan fingerprint density at radius 2 is 2.16 bits per heavy atom. The summed E-state index contributed by atoms with van der Waals surface area (Å²) in [5.41, 5.74) is 2.39. The molecule has 1 saturated heterocycles. The molecule has 8 heteroatoms. The maximum absolute atomic E-state index is 13.7. The van der Waals surface area contributed by atoms with Gasteiger partial charge in [-0.25, -0.2) is 0 Å². The molecule has 5 rings (SSSR count). The lowest BCUT2D eigenvalue weighted by atomic mass is 9.84. The molecule has 1 spiro atoms. The van der Waals surface area contributed by atoms with E-state index in [9.17, 15) is 9.90 Å². The number of hydrogen-bond acceptors (Lipinski definition) is 7. The van der Waals surface area contributed by atoms with Crippen LogP contribution in [0.15, 0.2) is 40.0 Å². The average Bonchev–Trinajstić information content (AvgIpc) is 3.48. The minimum absolute atomic E-state index is 0.0135. The predicted molar refractivity (Wildman–Crippen MR) is 118 cm³/mol. The van der Waals surface area contributed by atoms with E-state index in [4.69, 9.17) is 9.36 Å². The first kappa shape index (κ1) is 21.0. The molecule has 2 N–H and O–H groups in total. The van der Waals surface area contributed by atoms with Gasteiger partial charge in [-0.15, -0.1) is 0 Å². The van der Waals surface area contributed by atoms with Crippen LogP contribution in [0, 0.1) is 12.8 Å². The second-order valence-corrected chi connectivity index (χ2v) is 9.52. The lowest BCUT2D eigenvalue weighted by Gasteiger charge is -2.35. The van der Waals surface area contributed by atoms with Gasteiger partial charge in [-0.2, -0.15) is 0 Å². The van der Waals surface area contributed by atoms with Gasteiger partial charge in [0.2, 0.25) is 11.6 Å². The number of β-amino-alcohol motifs (C(OH)–C–C–N with tert-alkyl or cyclic N) is 1. The zero-order valence-electron chi connectivity index (χ0n) is 18.7. The SMILES string of the molecule is Cc1cc(C(C(=O)N2C[C@H](O)C[C@@H]2C2=NOC3(CCCc4ccccc43)N2)C(C)C)on1. The van der Waals surface area contributed by atoms with Crippen LogP contribution in [-0.2, 0) is 21.8 Å². The summed E-state index contributed by atoms with van der Waals surface area (Å²) in [4.78, 5) is 21.4. The number of carbonyl (C=O) groups is 1. The van der Waals surface area contributed by atoms with Crippen LogP contribution in [-0.4, -0.2) is 45.6 Å². The molecule has 8 nitrogen and oxygen atoms in total. The molecule has 2 aliphatic heterocycles. The first-order valence-corrected chi connectivity index (χ1v) is 11.4. The number of amidine groups is 1. The Balaban J connectivity index is 1.41. The van der Waals surface area contributed by atoms with E-state index >= 15 is 0 Å². The van der Waals surface area contributed by atoms with Crippen molar-refractivity contribution >= 4 is 11.7 Å². The molecule has 1 aromatic carbocycles. The van der Waals surface area contributed by atoms with Crippen molar-refractivity contribution in [2.45, 2.75) is 70.2 Å². The molecule has 3 heterocycles. The number of rotatable bonds is 4. The van der Waals surface area contributed by atoms with Crippen LogP contribution in [0.5, 0.6) is 0 Å². The Morgan fingerprint density at radius 1 is 1.34 bits per heavy atom. The second kappa shape index (κ2) is 7.92. The Morgan fingerprint density at radius 3 is 2.91 bits per heavy atom. The van der Waals surface area contributed by atoms with Crippen molar-refractivity contribution in [2.24, 2.45) is 11.1 Å². The quantitative estimate of drug-likeness (QED) is 0.761. The van der Waals surface area contributed by atoms with Crippen molar-refractivity contribution in [1.29, 1.82) is 0 Å². The number of likely N-dealkylation sites (tertiary alicyclic amines) is 1. The van der Waals surface area contributed by atoms with Crippen LogP contribution < -0.4 is 5.32 Å². The van der Waals surface area contributed by atoms with Crippen molar-refractivity contribution in [2.75, 3.05) is 6.54 Å². The van der Waals surface area contributed by atoms with Gasteiger partial charge in [0.15, 0.2) is 5.84 Å². The predicted octanol–water partition coefficient (Wildman–Crippen LogP) is 2.81. The van der Waals surface area contributed by atoms with Crippen LogP contribution in [0.2, 0.25) is 0 Å². The van der Waals surface area contributed by atoms with E-state index in [1.807, 2.05) is 39.0 Å². The van der Waals surface area contributed by atoms with E-state index in [-0.39, 0.29) is 24.4 Å². The van der Waals surface area contributed by atoms with Gasteiger partial charge in [-0.1, -0.05) is 48.4 Å². The number of aliphatic hydroxyl groups excluding tert-OH is 1. The normalized spacial score (nSPS) is 27.8. The van der Waals surface area contributed by atoms with E-state index in [2.05, 4.69) is 27.8 Å². The number of nitrogens with one attached hydrogen (secondary N) is 1. The molecule has 4 atom stereocenters. The fourth-order valence-corrected chi connectivity index (χ4v) is 5.30. The zero-order chi connectivity index (χ0) is 22.5. The number of aromatic nitrogens is 1. The molecule has 1 aromatic heterocycles. The highest BCUT2D eigenvalue weighted by molar-refractivity contribution is 5.94. The fraction of sp³-hybridized carbons (Fsp3) is 0.542. The Hall–Kier alpha value is -2.87. The highest BCUT2D eigenvalue weighted by atomic mass is 16.7. The van der Waals surface area contributed by atoms with Crippen molar-refractivity contribution < 1.29 is 19.3 Å². The number of nitrogens with zero attached hydrogens (tertiary/aromatic N) is 3. The second-order valence-electron chi connectivity index (χ2n) is 9.52. The molecule has 32 heavy (non-hydrogen) atoms. The Kier molecular flexibility index (Phi) is 5.20. The molecule has 3 aliphatic rings. The Labute approximate surface area is 187 Å². The minimum Gasteiger partial charge on any atom is -0.391 e. The summed E-state index contributed by atoms with van der Waals surface area (Å²) in [6.45, 7) is 6.08. The van der Waals surface area contributed by atoms with Gasteiger partial charge in [-0.3, -0.25) is 4.79 Å². The lowest BCUT2D eigenvalue weighted by molar-refractivity contribution is -0.134. The van der Waals surface area contributed by atoms with Crippen molar-refractivity contribution in [3.05, 3.63) is 52.9 Å². The van der Waals surface area contributed by atoms with Crippen LogP contribution in [0.3, 0.4) is 0 Å². The molecule has 0 radical (unpaired) electrons. The van der Waals surface area contributed by atoms with E-state index in [1.54, 1.807) is 4.90 Å². The summed E-state index contributed by atoms with van der Waals surface area (Å²) in [5.74, 6) is 0.601. The maximum Gasteiger partial charge on any atom is 0.234 e. The molecule has 1 aliphatic carbocycles. The molecule has 170 valence electrons. The first-order valence-electron chi connectivity index (χ1n) is 11.4. The van der Waals surface area contributed by atoms with Gasteiger partial charge in [0.1, 0.15) is 11.7 Å². The summed E-state index contributed by atoms with van der Waals surface area (Å²) in [6, 6.07) is 9.69. The fourth-order valence-electron chi connectivity index (χ4n) is 5.30. The van der Waals surface area contributed by atoms with Gasteiger partial charge in [0, 0.05) is 31.0 Å². The number of fused-ring (bicyclic) bond motifs is 2. The number of hydrogen-bond donors (Lipinski definition) is 2. The van der Waals surface area contributed by atoms with Crippen LogP contribution in [0.1, 0.15) is 61.6 Å². The van der Waals surface area contributed by atoms with Crippen molar-refractivity contribution in [1.82, 2.24) is 15.4 Å². The average molecular weight is 439 g/mol. The summed E-state index contributed by atoms with van der Waals surface area (Å²) in [7, 11) is 0. The third kappa shape index (κ3) is 3.46. The number of oxime groups is 1. The highest BCUT2D eigenvalue weighted by Gasteiger charge is 2.49. The number of benzene rings is 1. The number of aliphatic hydroxyl groups is 1. The van der Waals surface area contributed by atoms with Crippen molar-refractivity contribution in [3.8, 4) is 0 Å². The molecule has 2 aromatic rings. The molecule has 0 saturated carbocycles. The summed E-state index contributed by atoms with van der Waals surface area (Å²) in [6.07, 6.45) is 2.60. The van der Waals surface area contributed by atoms with Gasteiger partial charge in [-0.05, 0) is 31.2 Å². The largest absolute Gasteiger partial charge is 0.391 e. The topological polar surface area (TPSA) is 100 Å². The maximum atomic E-state index is 13.7. The standard InChI is InChI=1S/C24H30N4O4/c1-14(2)21(20-11-15(3)26-31-20)23(30)28-13-17(29)12-19(28)22-25-24(32-27-22)10-6-8-16-7-4-5-9-18(16)24/h4-5,7,9,11,14,17,19,21,29H,6,8,10,12-13H2,1-3H3,(H,25,27)/t17-,19-,21?,24?/m1/s1. The van der Waals surface area contributed by atoms with E-state index in [1.165, 1.54) is 5.56 Å². The highest BCUT2D eigenvalue weighted by Crippen LogP contribution is 2.40. The van der Waals surface area contributed by atoms with Crippen LogP contribution in [0.4, 0.5) is 0 Å². The summed E-state index contributed by atoms with van der Waals surface area (Å²) < 4.78 is 5.45. The molecule has 2 unspecified atom stereocenters. The van der Waals surface area contributed by atoms with E-state index in [0.717, 1.165) is 30.5 Å². The van der Waals surface area contributed by atoms with Crippen LogP contribution >= 0.6 is 0 Å². The summed E-state index contributed by atoms with van der Waals surface area (Å²) in [5, 5.41) is 22.4. The van der Waals surface area contributed by atoms with Gasteiger partial charge < -0.3 is 24.7 Å². The van der Waals surface area contributed by atoms with Gasteiger partial charge >= 0.3 is 0 Å². The van der Waals surface area contributed by atoms with Crippen molar-refractivity contribution in [3.63, 3.8) is 0 Å². The molecular formula is C24H30N4O4. The molecule has 1 fully saturated rings. The number of carbonyl (C=O) groups excluding carboxylic acids is 1. The zero-order valence-corrected chi connectivity index (χ0v) is 18.7. The lowest BCUT2D eigenvalue weighted by Crippen LogP contribution is -2.52. The summed E-state index contributed by atoms with van der Waals surface area (Å²) >= 11 is 0.